The predicted octanol–water partition coefficient (Wildman–Crippen LogP) is 1.48. The second-order valence-corrected chi connectivity index (χ2v) is 7.36. The molecule has 0 saturated carbocycles. The lowest BCUT2D eigenvalue weighted by molar-refractivity contribution is 0.312. The van der Waals surface area contributed by atoms with E-state index in [1.54, 1.807) is 6.92 Å². The van der Waals surface area contributed by atoms with E-state index < -0.39 is 15.8 Å². The number of likely N-dealkylation sites (tertiary alicyclic amines) is 1. The number of sulfonamides is 1. The van der Waals surface area contributed by atoms with E-state index in [1.807, 2.05) is 0 Å². The first kappa shape index (κ1) is 16.2. The SMILES string of the molecule is Cc1cc(N)cc(S(=O)(=O)NC(C)CN2CCCC2)c1F. The molecule has 1 unspecified atom stereocenters. The zero-order chi connectivity index (χ0) is 15.6. The van der Waals surface area contributed by atoms with Crippen LogP contribution >= 0.6 is 0 Å². The smallest absolute Gasteiger partial charge is 0.243 e. The maximum atomic E-state index is 14.0. The summed E-state index contributed by atoms with van der Waals surface area (Å²) in [5, 5.41) is 0. The monoisotopic (exact) mass is 315 g/mol. The summed E-state index contributed by atoms with van der Waals surface area (Å²) >= 11 is 0. The molecule has 0 amide bonds. The molecular formula is C14H22FN3O2S. The van der Waals surface area contributed by atoms with Gasteiger partial charge in [-0.3, -0.25) is 0 Å². The Bertz CT molecular complexity index is 613. The lowest BCUT2D eigenvalue weighted by atomic mass is 10.2. The standard InChI is InChI=1S/C14H22FN3O2S/c1-10-7-12(16)8-13(14(10)15)21(19,20)17-11(2)9-18-5-3-4-6-18/h7-8,11,17H,3-6,9,16H2,1-2H3. The molecule has 1 heterocycles. The Balaban J connectivity index is 2.14. The fourth-order valence-corrected chi connectivity index (χ4v) is 4.10. The summed E-state index contributed by atoms with van der Waals surface area (Å²) < 4.78 is 41.2. The van der Waals surface area contributed by atoms with E-state index in [1.165, 1.54) is 13.0 Å². The molecular weight excluding hydrogens is 293 g/mol. The summed E-state index contributed by atoms with van der Waals surface area (Å²) in [6.07, 6.45) is 2.28. The highest BCUT2D eigenvalue weighted by atomic mass is 32.2. The van der Waals surface area contributed by atoms with E-state index in [4.69, 9.17) is 5.73 Å². The molecule has 0 bridgehead atoms. The molecule has 1 fully saturated rings. The fourth-order valence-electron chi connectivity index (χ4n) is 2.68. The summed E-state index contributed by atoms with van der Waals surface area (Å²) in [5.41, 5.74) is 6.08. The van der Waals surface area contributed by atoms with Gasteiger partial charge in [0.05, 0.1) is 0 Å². The predicted molar refractivity (Wildman–Crippen MR) is 81.0 cm³/mol. The maximum Gasteiger partial charge on any atom is 0.243 e. The molecule has 0 aromatic heterocycles. The number of nitrogens with two attached hydrogens (primary N) is 1. The van der Waals surface area contributed by atoms with Crippen molar-refractivity contribution in [3.05, 3.63) is 23.5 Å². The lowest BCUT2D eigenvalue weighted by Gasteiger charge is -2.21. The van der Waals surface area contributed by atoms with E-state index in [0.717, 1.165) is 32.0 Å². The number of nitrogens with zero attached hydrogens (tertiary/aromatic N) is 1. The maximum absolute atomic E-state index is 14.0. The molecule has 1 atom stereocenters. The van der Waals surface area contributed by atoms with Gasteiger partial charge in [-0.1, -0.05) is 0 Å². The first-order valence-corrected chi connectivity index (χ1v) is 8.58. The highest BCUT2D eigenvalue weighted by Crippen LogP contribution is 2.21. The van der Waals surface area contributed by atoms with Crippen LogP contribution in [-0.2, 0) is 10.0 Å². The summed E-state index contributed by atoms with van der Waals surface area (Å²) in [4.78, 5) is 1.82. The van der Waals surface area contributed by atoms with E-state index in [-0.39, 0.29) is 22.2 Å². The molecule has 1 aliphatic heterocycles. The van der Waals surface area contributed by atoms with Crippen molar-refractivity contribution in [1.29, 1.82) is 0 Å². The Morgan fingerprint density at radius 3 is 2.62 bits per heavy atom. The summed E-state index contributed by atoms with van der Waals surface area (Å²) in [6.45, 7) is 5.88. The van der Waals surface area contributed by atoms with Gasteiger partial charge in [0, 0.05) is 18.3 Å². The number of rotatable bonds is 5. The van der Waals surface area contributed by atoms with Gasteiger partial charge in [0.15, 0.2) is 0 Å². The first-order chi connectivity index (χ1) is 9.79. The Morgan fingerprint density at radius 1 is 1.38 bits per heavy atom. The van der Waals surface area contributed by atoms with Crippen molar-refractivity contribution >= 4 is 15.7 Å². The molecule has 0 aliphatic carbocycles. The third-order valence-electron chi connectivity index (χ3n) is 3.62. The van der Waals surface area contributed by atoms with Crippen molar-refractivity contribution in [3.8, 4) is 0 Å². The van der Waals surface area contributed by atoms with Crippen molar-refractivity contribution in [1.82, 2.24) is 9.62 Å². The van der Waals surface area contributed by atoms with Crippen LogP contribution < -0.4 is 10.5 Å². The van der Waals surface area contributed by atoms with Crippen LogP contribution in [-0.4, -0.2) is 39.0 Å². The van der Waals surface area contributed by atoms with Crippen LogP contribution in [0.5, 0.6) is 0 Å². The molecule has 5 nitrogen and oxygen atoms in total. The van der Waals surface area contributed by atoms with Crippen molar-refractivity contribution in [2.75, 3.05) is 25.4 Å². The van der Waals surface area contributed by atoms with Crippen LogP contribution in [0.4, 0.5) is 10.1 Å². The van der Waals surface area contributed by atoms with Crippen LogP contribution in [0.3, 0.4) is 0 Å². The zero-order valence-corrected chi connectivity index (χ0v) is 13.2. The molecule has 1 aliphatic rings. The molecule has 1 aromatic carbocycles. The Kier molecular flexibility index (Phi) is 4.85. The topological polar surface area (TPSA) is 75.4 Å². The number of benzene rings is 1. The minimum Gasteiger partial charge on any atom is -0.399 e. The average Bonchev–Trinajstić information content (AvgIpc) is 2.85. The highest BCUT2D eigenvalue weighted by molar-refractivity contribution is 7.89. The second kappa shape index (κ2) is 6.29. The van der Waals surface area contributed by atoms with Gasteiger partial charge in [-0.2, -0.15) is 0 Å². The van der Waals surface area contributed by atoms with Gasteiger partial charge in [0.25, 0.3) is 0 Å². The molecule has 1 aromatic rings. The Labute approximate surface area is 125 Å². The summed E-state index contributed by atoms with van der Waals surface area (Å²) in [7, 11) is -3.91. The van der Waals surface area contributed by atoms with Crippen molar-refractivity contribution in [2.24, 2.45) is 0 Å². The highest BCUT2D eigenvalue weighted by Gasteiger charge is 2.24. The minimum atomic E-state index is -3.91. The van der Waals surface area contributed by atoms with Crippen LogP contribution in [0.15, 0.2) is 17.0 Å². The third-order valence-corrected chi connectivity index (χ3v) is 5.21. The minimum absolute atomic E-state index is 0.225. The first-order valence-electron chi connectivity index (χ1n) is 7.10. The van der Waals surface area contributed by atoms with E-state index >= 15 is 0 Å². The second-order valence-electron chi connectivity index (χ2n) is 5.68. The van der Waals surface area contributed by atoms with Crippen LogP contribution in [0.2, 0.25) is 0 Å². The largest absolute Gasteiger partial charge is 0.399 e. The van der Waals surface area contributed by atoms with E-state index in [9.17, 15) is 12.8 Å². The third kappa shape index (κ3) is 3.93. The van der Waals surface area contributed by atoms with Gasteiger partial charge in [-0.05, 0) is 57.5 Å². The molecule has 1 saturated heterocycles. The number of halogens is 1. The Morgan fingerprint density at radius 2 is 2.00 bits per heavy atom. The Hall–Kier alpha value is -1.18. The number of hydrogen-bond donors (Lipinski definition) is 2. The molecule has 0 spiro atoms. The summed E-state index contributed by atoms with van der Waals surface area (Å²) in [6, 6.07) is 2.30. The molecule has 7 heteroatoms. The lowest BCUT2D eigenvalue weighted by Crippen LogP contribution is -2.41. The number of hydrogen-bond acceptors (Lipinski definition) is 4. The fraction of sp³-hybridized carbons (Fsp3) is 0.571. The van der Waals surface area contributed by atoms with E-state index in [0.29, 0.717) is 6.54 Å². The number of aryl methyl sites for hydroxylation is 1. The van der Waals surface area contributed by atoms with Gasteiger partial charge in [-0.15, -0.1) is 0 Å². The average molecular weight is 315 g/mol. The van der Waals surface area contributed by atoms with Crippen molar-refractivity contribution in [3.63, 3.8) is 0 Å². The number of nitrogens with one attached hydrogen (secondary N) is 1. The molecule has 3 N–H and O–H groups in total. The molecule has 21 heavy (non-hydrogen) atoms. The van der Waals surface area contributed by atoms with E-state index in [2.05, 4.69) is 9.62 Å². The normalized spacial score (nSPS) is 18.0. The molecule has 118 valence electrons. The number of anilines is 1. The van der Waals surface area contributed by atoms with Crippen molar-refractivity contribution in [2.45, 2.75) is 37.6 Å². The number of nitrogen functional groups attached to an aromatic ring is 1. The quantitative estimate of drug-likeness (QED) is 0.807. The van der Waals surface area contributed by atoms with Gasteiger partial charge in [0.2, 0.25) is 10.0 Å². The van der Waals surface area contributed by atoms with Crippen LogP contribution in [0.1, 0.15) is 25.3 Å². The van der Waals surface area contributed by atoms with Gasteiger partial charge in [0.1, 0.15) is 10.7 Å². The van der Waals surface area contributed by atoms with Crippen molar-refractivity contribution < 1.29 is 12.8 Å². The van der Waals surface area contributed by atoms with Gasteiger partial charge >= 0.3 is 0 Å². The van der Waals surface area contributed by atoms with Crippen LogP contribution in [0, 0.1) is 12.7 Å². The van der Waals surface area contributed by atoms with Gasteiger partial charge in [-0.25, -0.2) is 17.5 Å². The van der Waals surface area contributed by atoms with Crippen LogP contribution in [0.25, 0.3) is 0 Å². The van der Waals surface area contributed by atoms with Gasteiger partial charge < -0.3 is 10.6 Å². The molecule has 2 rings (SSSR count). The molecule has 0 radical (unpaired) electrons. The summed E-state index contributed by atoms with van der Waals surface area (Å²) in [5.74, 6) is -0.745. The zero-order valence-electron chi connectivity index (χ0n) is 12.4.